The summed E-state index contributed by atoms with van der Waals surface area (Å²) in [6, 6.07) is 28.4. The molecule has 35 heavy (non-hydrogen) atoms. The van der Waals surface area contributed by atoms with Gasteiger partial charge in [0.15, 0.2) is 0 Å². The average Bonchev–Trinajstić information content (AvgIpc) is 3.26. The van der Waals surface area contributed by atoms with Gasteiger partial charge in [0.25, 0.3) is 0 Å². The van der Waals surface area contributed by atoms with Gasteiger partial charge in [-0.15, -0.1) is 0 Å². The Labute approximate surface area is 216 Å². The van der Waals surface area contributed by atoms with Gasteiger partial charge in [0.05, 0.1) is 0 Å². The lowest BCUT2D eigenvalue weighted by Crippen LogP contribution is -2.42. The van der Waals surface area contributed by atoms with Gasteiger partial charge in [-0.05, 0) is 68.3 Å². The third-order valence-corrected chi connectivity index (χ3v) is 10.1. The third-order valence-electron chi connectivity index (χ3n) is 9.47. The van der Waals surface area contributed by atoms with Crippen molar-refractivity contribution in [3.63, 3.8) is 0 Å². The van der Waals surface area contributed by atoms with Crippen LogP contribution >= 0.6 is 15.9 Å². The second-order valence-electron chi connectivity index (χ2n) is 11.6. The molecule has 0 saturated heterocycles. The summed E-state index contributed by atoms with van der Waals surface area (Å²) in [5.74, 6) is 0. The molecule has 0 aliphatic heterocycles. The molecule has 5 aromatic rings. The maximum Gasteiger partial charge on any atom is 0.143 e. The average molecular weight is 524 g/mol. The van der Waals surface area contributed by atoms with Gasteiger partial charge in [-0.2, -0.15) is 0 Å². The quantitative estimate of drug-likeness (QED) is 0.224. The van der Waals surface area contributed by atoms with Gasteiger partial charge in [0.1, 0.15) is 11.2 Å². The number of hydrogen-bond donors (Lipinski definition) is 0. The molecular weight excluding hydrogens is 492 g/mol. The van der Waals surface area contributed by atoms with Crippen LogP contribution in [0.2, 0.25) is 0 Å². The highest BCUT2D eigenvalue weighted by molar-refractivity contribution is 9.10. The van der Waals surface area contributed by atoms with E-state index in [1.165, 1.54) is 27.8 Å². The van der Waals surface area contributed by atoms with Crippen molar-refractivity contribution in [2.24, 2.45) is 5.41 Å². The molecule has 0 atom stereocenters. The summed E-state index contributed by atoms with van der Waals surface area (Å²) in [6.45, 7) is 14.4. The first-order valence-electron chi connectivity index (χ1n) is 12.4. The summed E-state index contributed by atoms with van der Waals surface area (Å²) in [6.07, 6.45) is 0. The normalized spacial score (nSPS) is 17.7. The molecule has 4 aromatic carbocycles. The highest BCUT2D eigenvalue weighted by Crippen LogP contribution is 2.62. The Morgan fingerprint density at radius 3 is 1.94 bits per heavy atom. The first kappa shape index (κ1) is 22.6. The molecular formula is C33H31BrO. The standard InChI is InChI=1S/C33H31BrO/c1-31(2)26-18-25(28(34)19-27(26)32(3,4)33(31,5)6)21-12-9-11-20(17-21)22-14-10-15-24-23-13-7-8-16-29(23)35-30(22)24/h7-19H,1-6H3. The molecule has 0 saturated carbocycles. The van der Waals surface area contributed by atoms with Crippen molar-refractivity contribution in [1.29, 1.82) is 0 Å². The number of rotatable bonds is 2. The van der Waals surface area contributed by atoms with Crippen molar-refractivity contribution in [3.8, 4) is 22.3 Å². The minimum absolute atomic E-state index is 0.0682. The first-order chi connectivity index (χ1) is 16.5. The van der Waals surface area contributed by atoms with E-state index in [1.807, 2.05) is 12.1 Å². The third kappa shape index (κ3) is 2.99. The predicted molar refractivity (Wildman–Crippen MR) is 152 cm³/mol. The van der Waals surface area contributed by atoms with Crippen LogP contribution in [-0.4, -0.2) is 0 Å². The fraction of sp³-hybridized carbons (Fsp3) is 0.273. The summed E-state index contributed by atoms with van der Waals surface area (Å²) >= 11 is 3.94. The lowest BCUT2D eigenvalue weighted by atomic mass is 9.59. The van der Waals surface area contributed by atoms with E-state index in [4.69, 9.17) is 4.42 Å². The minimum atomic E-state index is 0.0682. The Hall–Kier alpha value is -2.84. The molecule has 1 aromatic heterocycles. The Kier molecular flexibility index (Phi) is 4.74. The lowest BCUT2D eigenvalue weighted by Gasteiger charge is -2.44. The molecule has 6 rings (SSSR count). The van der Waals surface area contributed by atoms with E-state index in [9.17, 15) is 0 Å². The van der Waals surface area contributed by atoms with Gasteiger partial charge in [-0.3, -0.25) is 0 Å². The molecule has 0 spiro atoms. The van der Waals surface area contributed by atoms with Gasteiger partial charge in [0, 0.05) is 20.8 Å². The molecule has 176 valence electrons. The molecule has 1 aliphatic carbocycles. The van der Waals surface area contributed by atoms with E-state index in [1.54, 1.807) is 0 Å². The van der Waals surface area contributed by atoms with Crippen LogP contribution in [0.3, 0.4) is 0 Å². The summed E-state index contributed by atoms with van der Waals surface area (Å²) in [4.78, 5) is 0. The van der Waals surface area contributed by atoms with Crippen molar-refractivity contribution in [2.75, 3.05) is 0 Å². The van der Waals surface area contributed by atoms with Gasteiger partial charge in [-0.25, -0.2) is 0 Å². The topological polar surface area (TPSA) is 13.1 Å². The smallest absolute Gasteiger partial charge is 0.143 e. The number of halogens is 1. The van der Waals surface area contributed by atoms with E-state index < -0.39 is 0 Å². The predicted octanol–water partition coefficient (Wildman–Crippen LogP) is 10.3. The summed E-state index contributed by atoms with van der Waals surface area (Å²) in [5.41, 5.74) is 9.82. The molecule has 0 radical (unpaired) electrons. The molecule has 1 nitrogen and oxygen atoms in total. The number of hydrogen-bond acceptors (Lipinski definition) is 1. The highest BCUT2D eigenvalue weighted by atomic mass is 79.9. The monoisotopic (exact) mass is 522 g/mol. The van der Waals surface area contributed by atoms with Crippen LogP contribution in [0.15, 0.2) is 87.8 Å². The Balaban J connectivity index is 1.53. The van der Waals surface area contributed by atoms with Gasteiger partial charge in [-0.1, -0.05) is 112 Å². The Bertz CT molecular complexity index is 1630. The molecule has 2 heteroatoms. The van der Waals surface area contributed by atoms with Gasteiger partial charge in [0.2, 0.25) is 0 Å². The van der Waals surface area contributed by atoms with Crippen molar-refractivity contribution < 1.29 is 4.42 Å². The number of furan rings is 1. The first-order valence-corrected chi connectivity index (χ1v) is 13.2. The molecule has 1 heterocycles. The zero-order valence-electron chi connectivity index (χ0n) is 21.3. The summed E-state index contributed by atoms with van der Waals surface area (Å²) in [7, 11) is 0. The SMILES string of the molecule is CC1(C)c2cc(Br)c(-c3cccc(-c4cccc5c4oc4ccccc45)c3)cc2C(C)(C)C1(C)C. The zero-order chi connectivity index (χ0) is 24.8. The van der Waals surface area contributed by atoms with Crippen LogP contribution in [0.4, 0.5) is 0 Å². The second-order valence-corrected chi connectivity index (χ2v) is 12.5. The van der Waals surface area contributed by atoms with E-state index in [2.05, 4.69) is 124 Å². The van der Waals surface area contributed by atoms with Crippen LogP contribution in [0.25, 0.3) is 44.2 Å². The van der Waals surface area contributed by atoms with Crippen molar-refractivity contribution >= 4 is 37.9 Å². The molecule has 0 bridgehead atoms. The van der Waals surface area contributed by atoms with Crippen LogP contribution in [0.1, 0.15) is 52.7 Å². The maximum atomic E-state index is 6.33. The summed E-state index contributed by atoms with van der Waals surface area (Å²) in [5, 5.41) is 2.32. The fourth-order valence-corrected chi connectivity index (χ4v) is 6.68. The Morgan fingerprint density at radius 1 is 0.600 bits per heavy atom. The number of benzene rings is 4. The second kappa shape index (κ2) is 7.34. The number of fused-ring (bicyclic) bond motifs is 4. The van der Waals surface area contributed by atoms with E-state index >= 15 is 0 Å². The van der Waals surface area contributed by atoms with Crippen molar-refractivity contribution in [2.45, 2.75) is 52.4 Å². The van der Waals surface area contributed by atoms with Crippen molar-refractivity contribution in [1.82, 2.24) is 0 Å². The van der Waals surface area contributed by atoms with E-state index in [0.29, 0.717) is 0 Å². The maximum absolute atomic E-state index is 6.33. The Morgan fingerprint density at radius 2 is 1.20 bits per heavy atom. The minimum Gasteiger partial charge on any atom is -0.455 e. The van der Waals surface area contributed by atoms with E-state index in [-0.39, 0.29) is 16.2 Å². The van der Waals surface area contributed by atoms with Crippen LogP contribution in [0, 0.1) is 5.41 Å². The summed E-state index contributed by atoms with van der Waals surface area (Å²) < 4.78 is 7.48. The molecule has 0 fully saturated rings. The highest BCUT2D eigenvalue weighted by Gasteiger charge is 2.56. The molecule has 0 unspecified atom stereocenters. The fourth-order valence-electron chi connectivity index (χ4n) is 6.11. The number of para-hydroxylation sites is 2. The lowest BCUT2D eigenvalue weighted by molar-refractivity contribution is 0.125. The molecule has 0 N–H and O–H groups in total. The molecule has 1 aliphatic rings. The zero-order valence-corrected chi connectivity index (χ0v) is 22.9. The van der Waals surface area contributed by atoms with Gasteiger partial charge >= 0.3 is 0 Å². The molecule has 0 amide bonds. The van der Waals surface area contributed by atoms with Gasteiger partial charge < -0.3 is 4.42 Å². The van der Waals surface area contributed by atoms with Crippen LogP contribution in [-0.2, 0) is 10.8 Å². The van der Waals surface area contributed by atoms with E-state index in [0.717, 1.165) is 32.0 Å². The van der Waals surface area contributed by atoms with Crippen molar-refractivity contribution in [3.05, 3.63) is 94.5 Å². The van der Waals surface area contributed by atoms with Crippen LogP contribution < -0.4 is 0 Å². The van der Waals surface area contributed by atoms with Crippen LogP contribution in [0.5, 0.6) is 0 Å². The largest absolute Gasteiger partial charge is 0.455 e.